The minimum Gasteiger partial charge on any atom is -0.493 e. The molecule has 0 fully saturated rings. The van der Waals surface area contributed by atoms with Crippen LogP contribution in [0.15, 0.2) is 12.1 Å². The maximum Gasteiger partial charge on any atom is 0.303 e. The first-order chi connectivity index (χ1) is 14.8. The molecular weight excluding hydrogens is 400 g/mol. The monoisotopic (exact) mass is 434 g/mol. The highest BCUT2D eigenvalue weighted by molar-refractivity contribution is 6.01. The number of benzene rings is 1. The lowest BCUT2D eigenvalue weighted by molar-refractivity contribution is -0.139. The van der Waals surface area contributed by atoms with E-state index in [1.54, 1.807) is 6.07 Å². The topological polar surface area (TPSA) is 110 Å². The van der Waals surface area contributed by atoms with Gasteiger partial charge in [0.05, 0.1) is 18.6 Å². The van der Waals surface area contributed by atoms with Gasteiger partial charge in [0.25, 0.3) is 0 Å². The minimum absolute atomic E-state index is 0.0245. The Morgan fingerprint density at radius 3 is 2.29 bits per heavy atom. The molecule has 7 heteroatoms. The van der Waals surface area contributed by atoms with Gasteiger partial charge < -0.3 is 19.7 Å². The van der Waals surface area contributed by atoms with Crippen molar-refractivity contribution in [2.75, 3.05) is 6.61 Å². The van der Waals surface area contributed by atoms with E-state index in [1.807, 2.05) is 13.0 Å². The van der Waals surface area contributed by atoms with Crippen LogP contribution in [0.2, 0.25) is 0 Å². The van der Waals surface area contributed by atoms with Crippen LogP contribution >= 0.6 is 0 Å². The molecule has 0 spiro atoms. The summed E-state index contributed by atoms with van der Waals surface area (Å²) >= 11 is 0. The predicted octanol–water partition coefficient (Wildman–Crippen LogP) is 5.03. The van der Waals surface area contributed by atoms with Crippen LogP contribution in [-0.2, 0) is 16.0 Å². The lowest BCUT2D eigenvalue weighted by Crippen LogP contribution is -2.43. The first kappa shape index (κ1) is 24.7. The van der Waals surface area contributed by atoms with Gasteiger partial charge in [-0.05, 0) is 37.8 Å². The quantitative estimate of drug-likeness (QED) is 0.395. The van der Waals surface area contributed by atoms with E-state index in [9.17, 15) is 14.4 Å². The number of aliphatic carboxylic acids is 2. The summed E-state index contributed by atoms with van der Waals surface area (Å²) in [6.07, 6.45) is 5.54. The molecule has 172 valence electrons. The second-order valence-electron chi connectivity index (χ2n) is 8.25. The van der Waals surface area contributed by atoms with E-state index in [-0.39, 0.29) is 37.9 Å². The van der Waals surface area contributed by atoms with Crippen LogP contribution < -0.4 is 9.47 Å². The third-order valence-electron chi connectivity index (χ3n) is 5.66. The highest BCUT2D eigenvalue weighted by Crippen LogP contribution is 2.44. The van der Waals surface area contributed by atoms with Gasteiger partial charge in [0.2, 0.25) is 0 Å². The molecule has 31 heavy (non-hydrogen) atoms. The molecule has 1 aliphatic heterocycles. The normalized spacial score (nSPS) is 14.6. The summed E-state index contributed by atoms with van der Waals surface area (Å²) < 4.78 is 12.4. The number of fused-ring (bicyclic) bond motifs is 1. The molecular formula is C24H34O7. The van der Waals surface area contributed by atoms with Crippen LogP contribution in [0.25, 0.3) is 0 Å². The maximum absolute atomic E-state index is 13.0. The number of Topliss-reactive ketones (excluding diaryl/α,β-unsaturated/α-hetero) is 1. The van der Waals surface area contributed by atoms with Gasteiger partial charge >= 0.3 is 11.9 Å². The van der Waals surface area contributed by atoms with E-state index in [0.717, 1.165) is 37.7 Å². The van der Waals surface area contributed by atoms with E-state index in [0.29, 0.717) is 30.1 Å². The lowest BCUT2D eigenvalue weighted by Gasteiger charge is -2.39. The molecule has 0 atom stereocenters. The van der Waals surface area contributed by atoms with Gasteiger partial charge in [0.15, 0.2) is 5.78 Å². The van der Waals surface area contributed by atoms with Crippen LogP contribution in [0.1, 0.15) is 94.0 Å². The minimum atomic E-state index is -1.14. The average molecular weight is 435 g/mol. The standard InChI is InChI=1S/C24H34O7/c1-3-5-6-7-15-30-20-10-9-17-19(25)16-24(13-11-21(26)27,14-12-22(28)29)31-23(17)18(20)8-4-2/h9-10H,3-8,11-16H2,1-2H3,(H,26,27)(H,28,29). The van der Waals surface area contributed by atoms with Crippen LogP contribution in [0.4, 0.5) is 0 Å². The fourth-order valence-corrected chi connectivity index (χ4v) is 3.99. The third kappa shape index (κ3) is 6.97. The molecule has 0 radical (unpaired) electrons. The molecule has 7 nitrogen and oxygen atoms in total. The van der Waals surface area contributed by atoms with E-state index in [4.69, 9.17) is 19.7 Å². The van der Waals surface area contributed by atoms with Gasteiger partial charge in [-0.15, -0.1) is 0 Å². The number of hydrogen-bond acceptors (Lipinski definition) is 5. The Labute approximate surface area is 183 Å². The van der Waals surface area contributed by atoms with Crippen molar-refractivity contribution < 1.29 is 34.1 Å². The van der Waals surface area contributed by atoms with Crippen molar-refractivity contribution >= 4 is 17.7 Å². The molecule has 1 aliphatic rings. The number of carboxylic acids is 2. The smallest absolute Gasteiger partial charge is 0.303 e. The molecule has 0 saturated carbocycles. The Morgan fingerprint density at radius 2 is 1.71 bits per heavy atom. The lowest BCUT2D eigenvalue weighted by atomic mass is 9.82. The molecule has 0 bridgehead atoms. The zero-order chi connectivity index (χ0) is 22.9. The number of unbranched alkanes of at least 4 members (excludes halogenated alkanes) is 3. The van der Waals surface area contributed by atoms with Crippen LogP contribution in [-0.4, -0.2) is 40.1 Å². The maximum atomic E-state index is 13.0. The van der Waals surface area contributed by atoms with Gasteiger partial charge in [-0.2, -0.15) is 0 Å². The Morgan fingerprint density at radius 1 is 1.03 bits per heavy atom. The second kappa shape index (κ2) is 11.7. The molecule has 2 rings (SSSR count). The van der Waals surface area contributed by atoms with Gasteiger partial charge in [0.1, 0.15) is 17.1 Å². The Kier molecular flexibility index (Phi) is 9.34. The van der Waals surface area contributed by atoms with Crippen molar-refractivity contribution in [3.8, 4) is 11.5 Å². The molecule has 1 aromatic rings. The number of hydrogen-bond donors (Lipinski definition) is 2. The third-order valence-corrected chi connectivity index (χ3v) is 5.66. The van der Waals surface area contributed by atoms with Crippen LogP contribution in [0.3, 0.4) is 0 Å². The fraction of sp³-hybridized carbons (Fsp3) is 0.625. The summed E-state index contributed by atoms with van der Waals surface area (Å²) in [4.78, 5) is 35.4. The first-order valence-electron chi connectivity index (χ1n) is 11.3. The summed E-state index contributed by atoms with van der Waals surface area (Å²) in [5.41, 5.74) is 0.130. The SMILES string of the molecule is CCCCCCOc1ccc2c(c1CCC)OC(CCC(=O)O)(CCC(=O)O)CC2=O. The second-order valence-corrected chi connectivity index (χ2v) is 8.25. The summed E-state index contributed by atoms with van der Waals surface area (Å²) in [6, 6.07) is 3.52. The van der Waals surface area contributed by atoms with E-state index in [2.05, 4.69) is 6.92 Å². The zero-order valence-corrected chi connectivity index (χ0v) is 18.6. The predicted molar refractivity (Wildman–Crippen MR) is 116 cm³/mol. The van der Waals surface area contributed by atoms with Crippen molar-refractivity contribution in [3.05, 3.63) is 23.3 Å². The largest absolute Gasteiger partial charge is 0.493 e. The average Bonchev–Trinajstić information content (AvgIpc) is 2.72. The number of carbonyl (C=O) groups is 3. The Hall–Kier alpha value is -2.57. The number of rotatable bonds is 14. The Balaban J connectivity index is 2.35. The van der Waals surface area contributed by atoms with Crippen molar-refractivity contribution in [2.24, 2.45) is 0 Å². The number of ketones is 1. The van der Waals surface area contributed by atoms with Gasteiger partial charge in [-0.1, -0.05) is 39.5 Å². The fourth-order valence-electron chi connectivity index (χ4n) is 3.99. The van der Waals surface area contributed by atoms with Crippen LogP contribution in [0, 0.1) is 0 Å². The van der Waals surface area contributed by atoms with E-state index >= 15 is 0 Å². The molecule has 0 aliphatic carbocycles. The highest BCUT2D eigenvalue weighted by Gasteiger charge is 2.42. The molecule has 0 aromatic heterocycles. The summed E-state index contributed by atoms with van der Waals surface area (Å²) in [7, 11) is 0. The number of carboxylic acid groups (broad SMARTS) is 2. The van der Waals surface area contributed by atoms with Crippen molar-refractivity contribution in [1.82, 2.24) is 0 Å². The van der Waals surface area contributed by atoms with E-state index in [1.165, 1.54) is 0 Å². The highest BCUT2D eigenvalue weighted by atomic mass is 16.5. The summed E-state index contributed by atoms with van der Waals surface area (Å²) in [5.74, 6) is -1.05. The molecule has 1 aromatic carbocycles. The number of carbonyl (C=O) groups excluding carboxylic acids is 1. The molecule has 2 N–H and O–H groups in total. The molecule has 0 saturated heterocycles. The van der Waals surface area contributed by atoms with Crippen molar-refractivity contribution in [3.63, 3.8) is 0 Å². The van der Waals surface area contributed by atoms with Crippen LogP contribution in [0.5, 0.6) is 11.5 Å². The van der Waals surface area contributed by atoms with E-state index < -0.39 is 17.5 Å². The van der Waals surface area contributed by atoms with Crippen molar-refractivity contribution in [2.45, 2.75) is 90.1 Å². The number of ether oxygens (including phenoxy) is 2. The molecule has 0 unspecified atom stereocenters. The molecule has 1 heterocycles. The summed E-state index contributed by atoms with van der Waals surface area (Å²) in [5, 5.41) is 18.3. The molecule has 0 amide bonds. The van der Waals surface area contributed by atoms with Gasteiger partial charge in [-0.25, -0.2) is 0 Å². The van der Waals surface area contributed by atoms with Gasteiger partial charge in [0, 0.05) is 18.4 Å². The van der Waals surface area contributed by atoms with Crippen molar-refractivity contribution in [1.29, 1.82) is 0 Å². The first-order valence-corrected chi connectivity index (χ1v) is 11.3. The zero-order valence-electron chi connectivity index (χ0n) is 18.6. The van der Waals surface area contributed by atoms with Gasteiger partial charge in [-0.3, -0.25) is 14.4 Å². The summed E-state index contributed by atoms with van der Waals surface area (Å²) in [6.45, 7) is 4.75. The Bertz CT molecular complexity index is 766.